The second-order valence-corrected chi connectivity index (χ2v) is 10.9. The van der Waals surface area contributed by atoms with Gasteiger partial charge in [-0.2, -0.15) is 0 Å². The molecule has 224 valence electrons. The molecular weight excluding hydrogens is 584 g/mol. The van der Waals surface area contributed by atoms with E-state index in [0.29, 0.717) is 23.6 Å². The van der Waals surface area contributed by atoms with Crippen LogP contribution < -0.4 is 9.64 Å². The van der Waals surface area contributed by atoms with Crippen LogP contribution in [0.2, 0.25) is 0 Å². The van der Waals surface area contributed by atoms with E-state index in [0.717, 1.165) is 27.4 Å². The Kier molecular flexibility index (Phi) is 8.59. The van der Waals surface area contributed by atoms with Gasteiger partial charge in [0.2, 0.25) is 0 Å². The summed E-state index contributed by atoms with van der Waals surface area (Å²) < 4.78 is 15.5. The molecule has 4 aromatic rings. The fourth-order valence-electron chi connectivity index (χ4n) is 4.83. The van der Waals surface area contributed by atoms with Gasteiger partial charge in [0.05, 0.1) is 37.1 Å². The first-order chi connectivity index (χ1) is 21.1. The maximum Gasteiger partial charge on any atom is 0.350 e. The van der Waals surface area contributed by atoms with Gasteiger partial charge in [0, 0.05) is 5.56 Å². The molecule has 1 aliphatic rings. The summed E-state index contributed by atoms with van der Waals surface area (Å²) in [7, 11) is 2.49. The van der Waals surface area contributed by atoms with Gasteiger partial charge in [-0.05, 0) is 66.9 Å². The second kappa shape index (κ2) is 12.5. The van der Waals surface area contributed by atoms with E-state index >= 15 is 0 Å². The first kappa shape index (κ1) is 30.2. The molecule has 44 heavy (non-hydrogen) atoms. The van der Waals surface area contributed by atoms with Crippen LogP contribution in [0, 0.1) is 13.8 Å². The number of anilines is 1. The minimum Gasteiger partial charge on any atom is -0.507 e. The molecule has 1 N–H and O–H groups in total. The molecule has 5 rings (SSSR count). The SMILES string of the molecule is COC(=O)c1ccc(C2/C(=C(\O)c3ccc(OCc4ccccc4C)cc3)C(=O)C(=O)N2c2nc(C)c(C(=O)OC)s2)cc1. The Labute approximate surface area is 257 Å². The Balaban J connectivity index is 1.55. The minimum absolute atomic E-state index is 0.0750. The van der Waals surface area contributed by atoms with E-state index < -0.39 is 35.4 Å². The lowest BCUT2D eigenvalue weighted by Crippen LogP contribution is -2.29. The third-order valence-corrected chi connectivity index (χ3v) is 8.37. The number of aromatic nitrogens is 1. The number of thiazole rings is 1. The number of aliphatic hydroxyl groups excluding tert-OH is 1. The summed E-state index contributed by atoms with van der Waals surface area (Å²) in [5, 5.41) is 11.6. The van der Waals surface area contributed by atoms with Crippen molar-refractivity contribution >= 4 is 45.9 Å². The van der Waals surface area contributed by atoms with E-state index in [9.17, 15) is 24.3 Å². The maximum absolute atomic E-state index is 13.5. The number of ketones is 1. The number of esters is 2. The Bertz CT molecular complexity index is 1790. The molecule has 0 bridgehead atoms. The van der Waals surface area contributed by atoms with E-state index in [1.807, 2.05) is 31.2 Å². The highest BCUT2D eigenvalue weighted by Gasteiger charge is 2.48. The van der Waals surface area contributed by atoms with Gasteiger partial charge in [-0.15, -0.1) is 0 Å². The Morgan fingerprint density at radius 2 is 1.52 bits per heavy atom. The summed E-state index contributed by atoms with van der Waals surface area (Å²) in [5.74, 6) is -2.91. The number of nitrogens with zero attached hydrogens (tertiary/aromatic N) is 2. The standard InChI is InChI=1S/C33H28N2O8S/c1-18-7-5-6-8-23(18)17-43-24-15-13-21(14-16-24)27(36)25-26(20-9-11-22(12-10-20)31(39)41-3)35(30(38)28(25)37)33-34-19(2)29(44-33)32(40)42-4/h5-16,26,36H,17H2,1-4H3/b27-25+. The van der Waals surface area contributed by atoms with Crippen molar-refractivity contribution in [3.8, 4) is 5.75 Å². The Morgan fingerprint density at radius 3 is 2.16 bits per heavy atom. The van der Waals surface area contributed by atoms with Crippen LogP contribution in [0.5, 0.6) is 5.75 Å². The van der Waals surface area contributed by atoms with E-state index in [4.69, 9.17) is 14.2 Å². The van der Waals surface area contributed by atoms with Gasteiger partial charge in [0.15, 0.2) is 5.13 Å². The fourth-order valence-corrected chi connectivity index (χ4v) is 5.84. The number of aryl methyl sites for hydroxylation is 2. The van der Waals surface area contributed by atoms with Gasteiger partial charge in [0.1, 0.15) is 23.0 Å². The summed E-state index contributed by atoms with van der Waals surface area (Å²) in [6, 6.07) is 19.4. The summed E-state index contributed by atoms with van der Waals surface area (Å²) in [6.45, 7) is 3.94. The van der Waals surface area contributed by atoms with Crippen LogP contribution in [0.15, 0.2) is 78.4 Å². The van der Waals surface area contributed by atoms with Crippen molar-refractivity contribution in [1.29, 1.82) is 0 Å². The van der Waals surface area contributed by atoms with Gasteiger partial charge in [-0.3, -0.25) is 14.5 Å². The van der Waals surface area contributed by atoms with Crippen LogP contribution in [0.25, 0.3) is 5.76 Å². The molecule has 1 unspecified atom stereocenters. The zero-order valence-electron chi connectivity index (χ0n) is 24.3. The number of benzene rings is 3. The number of amides is 1. The smallest absolute Gasteiger partial charge is 0.350 e. The number of rotatable bonds is 8. The molecule has 2 heterocycles. The minimum atomic E-state index is -1.12. The normalized spacial score (nSPS) is 15.7. The molecule has 1 amide bonds. The Hall–Kier alpha value is -5.29. The number of aliphatic hydroxyl groups is 1. The molecule has 1 atom stereocenters. The third kappa shape index (κ3) is 5.69. The van der Waals surface area contributed by atoms with Crippen LogP contribution in [-0.4, -0.2) is 47.9 Å². The van der Waals surface area contributed by atoms with E-state index in [1.54, 1.807) is 43.3 Å². The zero-order chi connectivity index (χ0) is 31.5. The number of Topliss-reactive ketones (excluding diaryl/α,β-unsaturated/α-hetero) is 1. The fraction of sp³-hybridized carbons (Fsp3) is 0.182. The van der Waals surface area contributed by atoms with Gasteiger partial charge < -0.3 is 19.3 Å². The molecule has 10 nitrogen and oxygen atoms in total. The van der Waals surface area contributed by atoms with Crippen LogP contribution in [0.4, 0.5) is 5.13 Å². The van der Waals surface area contributed by atoms with E-state index in [2.05, 4.69) is 4.98 Å². The lowest BCUT2D eigenvalue weighted by molar-refractivity contribution is -0.132. The molecule has 11 heteroatoms. The van der Waals surface area contributed by atoms with Crippen LogP contribution in [0.3, 0.4) is 0 Å². The average molecular weight is 613 g/mol. The molecule has 0 spiro atoms. The maximum atomic E-state index is 13.5. The second-order valence-electron chi connectivity index (χ2n) is 9.92. The van der Waals surface area contributed by atoms with Crippen LogP contribution >= 0.6 is 11.3 Å². The summed E-state index contributed by atoms with van der Waals surface area (Å²) >= 11 is 0.894. The van der Waals surface area contributed by atoms with Gasteiger partial charge in [-0.25, -0.2) is 14.6 Å². The highest BCUT2D eigenvalue weighted by Crippen LogP contribution is 2.44. The molecule has 0 radical (unpaired) electrons. The monoisotopic (exact) mass is 612 g/mol. The van der Waals surface area contributed by atoms with Crippen molar-refractivity contribution in [1.82, 2.24) is 4.98 Å². The summed E-state index contributed by atoms with van der Waals surface area (Å²) in [6.07, 6.45) is 0. The number of carbonyl (C=O) groups is 4. The number of hydrogen-bond donors (Lipinski definition) is 1. The van der Waals surface area contributed by atoms with E-state index in [1.165, 1.54) is 26.4 Å². The summed E-state index contributed by atoms with van der Waals surface area (Å²) in [5.41, 5.74) is 3.23. The number of ether oxygens (including phenoxy) is 3. The largest absolute Gasteiger partial charge is 0.507 e. The van der Waals surface area contributed by atoms with Crippen molar-refractivity contribution in [3.63, 3.8) is 0 Å². The predicted octanol–water partition coefficient (Wildman–Crippen LogP) is 5.54. The number of hydrogen-bond acceptors (Lipinski definition) is 10. The highest BCUT2D eigenvalue weighted by molar-refractivity contribution is 7.17. The Morgan fingerprint density at radius 1 is 0.886 bits per heavy atom. The lowest BCUT2D eigenvalue weighted by atomic mass is 9.94. The average Bonchev–Trinajstić information content (AvgIpc) is 3.55. The predicted molar refractivity (Wildman–Crippen MR) is 163 cm³/mol. The van der Waals surface area contributed by atoms with Gasteiger partial charge in [0.25, 0.3) is 5.78 Å². The lowest BCUT2D eigenvalue weighted by Gasteiger charge is -2.23. The number of methoxy groups -OCH3 is 2. The first-order valence-corrected chi connectivity index (χ1v) is 14.3. The third-order valence-electron chi connectivity index (χ3n) is 7.24. The highest BCUT2D eigenvalue weighted by atomic mass is 32.1. The van der Waals surface area contributed by atoms with Crippen molar-refractivity contribution < 1.29 is 38.5 Å². The van der Waals surface area contributed by atoms with Crippen LogP contribution in [0.1, 0.15) is 54.0 Å². The van der Waals surface area contributed by atoms with Crippen molar-refractivity contribution in [2.45, 2.75) is 26.5 Å². The molecule has 1 saturated heterocycles. The first-order valence-electron chi connectivity index (χ1n) is 13.5. The van der Waals surface area contributed by atoms with Gasteiger partial charge in [-0.1, -0.05) is 47.7 Å². The molecule has 0 aliphatic carbocycles. The van der Waals surface area contributed by atoms with E-state index in [-0.39, 0.29) is 26.7 Å². The van der Waals surface area contributed by atoms with Gasteiger partial charge >= 0.3 is 17.8 Å². The quantitative estimate of drug-likeness (QED) is 0.118. The molecule has 3 aromatic carbocycles. The molecular formula is C33H28N2O8S. The van der Waals surface area contributed by atoms with Crippen molar-refractivity contribution in [2.24, 2.45) is 0 Å². The summed E-state index contributed by atoms with van der Waals surface area (Å²) in [4.78, 5) is 57.1. The molecule has 1 aromatic heterocycles. The topological polar surface area (TPSA) is 132 Å². The molecule has 0 saturated carbocycles. The van der Waals surface area contributed by atoms with Crippen molar-refractivity contribution in [3.05, 3.63) is 117 Å². The number of carbonyl (C=O) groups excluding carboxylic acids is 4. The molecule has 1 fully saturated rings. The van der Waals surface area contributed by atoms with Crippen LogP contribution in [-0.2, 0) is 25.7 Å². The zero-order valence-corrected chi connectivity index (χ0v) is 25.1. The van der Waals surface area contributed by atoms with Crippen molar-refractivity contribution in [2.75, 3.05) is 19.1 Å². The molecule has 1 aliphatic heterocycles.